The first-order chi connectivity index (χ1) is 13.2. The second kappa shape index (κ2) is 9.46. The summed E-state index contributed by atoms with van der Waals surface area (Å²) in [4.78, 5) is 26.5. The zero-order valence-corrected chi connectivity index (χ0v) is 17.6. The number of nitrogens with zero attached hydrogens (tertiary/aromatic N) is 1. The lowest BCUT2D eigenvalue weighted by Gasteiger charge is -2.25. The third-order valence-electron chi connectivity index (χ3n) is 4.26. The minimum absolute atomic E-state index is 0.172. The highest BCUT2D eigenvalue weighted by Crippen LogP contribution is 2.20. The van der Waals surface area contributed by atoms with E-state index in [1.54, 1.807) is 24.1 Å². The van der Waals surface area contributed by atoms with E-state index in [1.807, 2.05) is 63.2 Å². The number of carbonyl (C=O) groups is 2. The highest BCUT2D eigenvalue weighted by atomic mass is 32.1. The van der Waals surface area contributed by atoms with Crippen LogP contribution in [0.3, 0.4) is 0 Å². The number of benzene rings is 2. The minimum atomic E-state index is -0.556. The molecule has 0 radical (unpaired) electrons. The van der Waals surface area contributed by atoms with E-state index in [1.165, 1.54) is 5.56 Å². The number of hydrogen-bond acceptors (Lipinski definition) is 3. The first-order valence-corrected chi connectivity index (χ1v) is 9.61. The SMILES string of the molecule is CN(C(=S)NC(=O)C(C)(C)C)c1ccccc1C(=O)NCCc1ccccc1. The van der Waals surface area contributed by atoms with Gasteiger partial charge >= 0.3 is 0 Å². The van der Waals surface area contributed by atoms with Gasteiger partial charge in [0.25, 0.3) is 5.91 Å². The molecule has 0 saturated carbocycles. The third-order valence-corrected chi connectivity index (χ3v) is 4.63. The van der Waals surface area contributed by atoms with Crippen LogP contribution in [-0.4, -0.2) is 30.5 Å². The molecule has 0 aliphatic carbocycles. The van der Waals surface area contributed by atoms with Gasteiger partial charge in [0.2, 0.25) is 5.91 Å². The number of para-hydroxylation sites is 1. The number of hydrogen-bond donors (Lipinski definition) is 2. The first-order valence-electron chi connectivity index (χ1n) is 9.20. The largest absolute Gasteiger partial charge is 0.352 e. The summed E-state index contributed by atoms with van der Waals surface area (Å²) in [6, 6.07) is 17.2. The van der Waals surface area contributed by atoms with Crippen LogP contribution in [-0.2, 0) is 11.2 Å². The maximum atomic E-state index is 12.7. The Labute approximate surface area is 172 Å². The molecule has 148 valence electrons. The van der Waals surface area contributed by atoms with Gasteiger partial charge in [0.05, 0.1) is 11.3 Å². The summed E-state index contributed by atoms with van der Waals surface area (Å²) in [6.45, 7) is 5.99. The maximum absolute atomic E-state index is 12.7. The fourth-order valence-corrected chi connectivity index (χ4v) is 2.69. The predicted octanol–water partition coefficient (Wildman–Crippen LogP) is 3.54. The Morgan fingerprint density at radius 2 is 1.61 bits per heavy atom. The van der Waals surface area contributed by atoms with Crippen LogP contribution >= 0.6 is 12.2 Å². The van der Waals surface area contributed by atoms with Crippen LogP contribution in [0, 0.1) is 5.41 Å². The molecule has 2 amide bonds. The Morgan fingerprint density at radius 3 is 2.25 bits per heavy atom. The zero-order valence-electron chi connectivity index (χ0n) is 16.8. The molecule has 0 fully saturated rings. The minimum Gasteiger partial charge on any atom is -0.352 e. The van der Waals surface area contributed by atoms with Gasteiger partial charge in [-0.15, -0.1) is 0 Å². The monoisotopic (exact) mass is 397 g/mol. The van der Waals surface area contributed by atoms with Crippen molar-refractivity contribution in [3.05, 3.63) is 65.7 Å². The molecule has 0 aliphatic heterocycles. The van der Waals surface area contributed by atoms with Crippen LogP contribution in [0.5, 0.6) is 0 Å². The summed E-state index contributed by atoms with van der Waals surface area (Å²) < 4.78 is 0. The van der Waals surface area contributed by atoms with Gasteiger partial charge in [-0.1, -0.05) is 63.2 Å². The molecule has 0 atom stereocenters. The Bertz CT molecular complexity index is 844. The van der Waals surface area contributed by atoms with Crippen molar-refractivity contribution in [2.24, 2.45) is 5.41 Å². The normalized spacial score (nSPS) is 10.9. The summed E-state index contributed by atoms with van der Waals surface area (Å²) in [7, 11) is 1.74. The van der Waals surface area contributed by atoms with Crippen molar-refractivity contribution >= 4 is 34.8 Å². The summed E-state index contributed by atoms with van der Waals surface area (Å²) in [5.74, 6) is -0.350. The average Bonchev–Trinajstić information content (AvgIpc) is 2.67. The van der Waals surface area contributed by atoms with Gasteiger partial charge in [0.1, 0.15) is 0 Å². The van der Waals surface area contributed by atoms with Gasteiger partial charge in [0.15, 0.2) is 5.11 Å². The van der Waals surface area contributed by atoms with Crippen LogP contribution in [0.1, 0.15) is 36.7 Å². The van der Waals surface area contributed by atoms with Gasteiger partial charge in [-0.05, 0) is 36.3 Å². The molecule has 2 aromatic rings. The molecular formula is C22H27N3O2S. The lowest BCUT2D eigenvalue weighted by Crippen LogP contribution is -2.45. The maximum Gasteiger partial charge on any atom is 0.253 e. The number of anilines is 1. The summed E-state index contributed by atoms with van der Waals surface area (Å²) in [6.07, 6.45) is 0.755. The van der Waals surface area contributed by atoms with Crippen molar-refractivity contribution < 1.29 is 9.59 Å². The van der Waals surface area contributed by atoms with Gasteiger partial charge < -0.3 is 15.5 Å². The molecule has 0 aromatic heterocycles. The molecule has 0 saturated heterocycles. The first kappa shape index (κ1) is 21.6. The molecule has 0 heterocycles. The van der Waals surface area contributed by atoms with Crippen molar-refractivity contribution in [1.29, 1.82) is 0 Å². The zero-order chi connectivity index (χ0) is 20.7. The number of amides is 2. The molecule has 2 rings (SSSR count). The van der Waals surface area contributed by atoms with Gasteiger partial charge in [0, 0.05) is 19.0 Å². The van der Waals surface area contributed by atoms with E-state index < -0.39 is 5.41 Å². The van der Waals surface area contributed by atoms with E-state index in [0.717, 1.165) is 6.42 Å². The fourth-order valence-electron chi connectivity index (χ4n) is 2.50. The number of rotatable bonds is 5. The predicted molar refractivity (Wildman–Crippen MR) is 118 cm³/mol. The van der Waals surface area contributed by atoms with Crippen LogP contribution in [0.25, 0.3) is 0 Å². The Hall–Kier alpha value is -2.73. The third kappa shape index (κ3) is 5.89. The molecule has 0 bridgehead atoms. The highest BCUT2D eigenvalue weighted by molar-refractivity contribution is 7.80. The van der Waals surface area contributed by atoms with E-state index in [9.17, 15) is 9.59 Å². The summed E-state index contributed by atoms with van der Waals surface area (Å²) in [5.41, 5.74) is 1.75. The number of thiocarbonyl (C=S) groups is 1. The van der Waals surface area contributed by atoms with Gasteiger partial charge in [-0.3, -0.25) is 9.59 Å². The fraction of sp³-hybridized carbons (Fsp3) is 0.318. The molecule has 0 aliphatic rings. The molecule has 28 heavy (non-hydrogen) atoms. The van der Waals surface area contributed by atoms with E-state index in [2.05, 4.69) is 10.6 Å². The van der Waals surface area contributed by atoms with Crippen molar-refractivity contribution in [3.63, 3.8) is 0 Å². The Morgan fingerprint density at radius 1 is 1.00 bits per heavy atom. The van der Waals surface area contributed by atoms with Gasteiger partial charge in [-0.2, -0.15) is 0 Å². The molecular weight excluding hydrogens is 370 g/mol. The highest BCUT2D eigenvalue weighted by Gasteiger charge is 2.24. The van der Waals surface area contributed by atoms with Crippen LogP contribution in [0.15, 0.2) is 54.6 Å². The second-order valence-corrected chi connectivity index (χ2v) is 7.96. The van der Waals surface area contributed by atoms with Crippen molar-refractivity contribution in [1.82, 2.24) is 10.6 Å². The van der Waals surface area contributed by atoms with E-state index in [4.69, 9.17) is 12.2 Å². The number of nitrogens with one attached hydrogen (secondary N) is 2. The molecule has 5 nitrogen and oxygen atoms in total. The van der Waals surface area contributed by atoms with Crippen LogP contribution < -0.4 is 15.5 Å². The molecule has 0 spiro atoms. The average molecular weight is 398 g/mol. The molecule has 0 unspecified atom stereocenters. The Balaban J connectivity index is 2.05. The van der Waals surface area contributed by atoms with E-state index >= 15 is 0 Å². The smallest absolute Gasteiger partial charge is 0.253 e. The van der Waals surface area contributed by atoms with Crippen LogP contribution in [0.4, 0.5) is 5.69 Å². The lowest BCUT2D eigenvalue weighted by molar-refractivity contribution is -0.126. The summed E-state index contributed by atoms with van der Waals surface area (Å²) >= 11 is 5.36. The van der Waals surface area contributed by atoms with Crippen molar-refractivity contribution in [3.8, 4) is 0 Å². The molecule has 6 heteroatoms. The van der Waals surface area contributed by atoms with Crippen molar-refractivity contribution in [2.75, 3.05) is 18.5 Å². The standard InChI is InChI=1S/C22H27N3O2S/c1-22(2,3)20(27)24-21(28)25(4)18-13-9-8-12-17(18)19(26)23-15-14-16-10-6-5-7-11-16/h5-13H,14-15H2,1-4H3,(H,23,26)(H,24,27,28). The molecule has 2 N–H and O–H groups in total. The van der Waals surface area contributed by atoms with Gasteiger partial charge in [-0.25, -0.2) is 0 Å². The van der Waals surface area contributed by atoms with E-state index in [0.29, 0.717) is 17.8 Å². The Kier molecular flexibility index (Phi) is 7.29. The lowest BCUT2D eigenvalue weighted by atomic mass is 9.96. The quantitative estimate of drug-likeness (QED) is 0.758. The second-order valence-electron chi connectivity index (χ2n) is 7.58. The van der Waals surface area contributed by atoms with Crippen molar-refractivity contribution in [2.45, 2.75) is 27.2 Å². The summed E-state index contributed by atoms with van der Waals surface area (Å²) in [5, 5.41) is 5.94. The molecule has 2 aromatic carbocycles. The van der Waals surface area contributed by atoms with Crippen LogP contribution in [0.2, 0.25) is 0 Å². The number of carbonyl (C=O) groups excluding carboxylic acids is 2. The topological polar surface area (TPSA) is 61.4 Å². The van der Waals surface area contributed by atoms with E-state index in [-0.39, 0.29) is 16.9 Å².